The van der Waals surface area contributed by atoms with E-state index in [9.17, 15) is 9.59 Å². The fourth-order valence-corrected chi connectivity index (χ4v) is 3.94. The second-order valence-electron chi connectivity index (χ2n) is 5.33. The van der Waals surface area contributed by atoms with Gasteiger partial charge in [-0.2, -0.15) is 11.8 Å². The quantitative estimate of drug-likeness (QED) is 0.797. The first-order valence-corrected chi connectivity index (χ1v) is 7.55. The smallest absolute Gasteiger partial charge is 0.245 e. The summed E-state index contributed by atoms with van der Waals surface area (Å²) < 4.78 is 0. The monoisotopic (exact) mass is 254 g/mol. The Kier molecular flexibility index (Phi) is 3.03. The lowest BCUT2D eigenvalue weighted by molar-refractivity contribution is -0.145. The van der Waals surface area contributed by atoms with Crippen molar-refractivity contribution >= 4 is 23.6 Å². The maximum absolute atomic E-state index is 12.2. The Labute approximate surface area is 105 Å². The highest BCUT2D eigenvalue weighted by atomic mass is 32.2. The molecule has 3 fully saturated rings. The van der Waals surface area contributed by atoms with Crippen molar-refractivity contribution in [2.75, 3.05) is 24.6 Å². The van der Waals surface area contributed by atoms with Crippen LogP contribution in [0.2, 0.25) is 0 Å². The predicted molar refractivity (Wildman–Crippen MR) is 66.7 cm³/mol. The lowest BCUT2D eigenvalue weighted by Gasteiger charge is -2.34. The Balaban J connectivity index is 1.64. The number of nitrogens with one attached hydrogen (secondary N) is 1. The van der Waals surface area contributed by atoms with E-state index >= 15 is 0 Å². The average Bonchev–Trinajstić information content (AvgIpc) is 3.02. The number of carbonyl (C=O) groups is 2. The lowest BCUT2D eigenvalue weighted by Crippen LogP contribution is -2.59. The van der Waals surface area contributed by atoms with Crippen LogP contribution in [-0.4, -0.2) is 47.4 Å². The summed E-state index contributed by atoms with van der Waals surface area (Å²) in [5.41, 5.74) is 0. The molecule has 1 N–H and O–H groups in total. The third-order valence-corrected chi connectivity index (χ3v) is 5.06. The lowest BCUT2D eigenvalue weighted by atomic mass is 10.0. The molecule has 0 bridgehead atoms. The molecule has 2 amide bonds. The molecule has 4 nitrogen and oxygen atoms in total. The zero-order valence-corrected chi connectivity index (χ0v) is 10.7. The number of rotatable bonds is 3. The number of carbonyl (C=O) groups excluding carboxylic acids is 2. The maximum Gasteiger partial charge on any atom is 0.245 e. The van der Waals surface area contributed by atoms with Gasteiger partial charge in [0.2, 0.25) is 11.8 Å². The van der Waals surface area contributed by atoms with E-state index in [1.165, 1.54) is 12.2 Å². The van der Waals surface area contributed by atoms with Crippen LogP contribution < -0.4 is 5.32 Å². The van der Waals surface area contributed by atoms with Gasteiger partial charge in [-0.05, 0) is 42.6 Å². The summed E-state index contributed by atoms with van der Waals surface area (Å²) in [6, 6.07) is -0.217. The predicted octanol–water partition coefficient (Wildman–Crippen LogP) is 0.476. The van der Waals surface area contributed by atoms with Gasteiger partial charge in [0, 0.05) is 6.54 Å². The summed E-state index contributed by atoms with van der Waals surface area (Å²) in [7, 11) is 0. The Morgan fingerprint density at radius 2 is 2.12 bits per heavy atom. The van der Waals surface area contributed by atoms with Gasteiger partial charge in [-0.15, -0.1) is 0 Å². The van der Waals surface area contributed by atoms with Crippen molar-refractivity contribution in [1.82, 2.24) is 10.2 Å². The Morgan fingerprint density at radius 1 is 1.29 bits per heavy atom. The number of hydrogen-bond donors (Lipinski definition) is 1. The molecule has 2 aliphatic heterocycles. The Morgan fingerprint density at radius 3 is 2.76 bits per heavy atom. The number of piperazine rings is 1. The maximum atomic E-state index is 12.2. The van der Waals surface area contributed by atoms with Crippen LogP contribution in [0.1, 0.15) is 19.3 Å². The number of amides is 2. The minimum atomic E-state index is -0.217. The van der Waals surface area contributed by atoms with Crippen LogP contribution in [0.5, 0.6) is 0 Å². The second-order valence-corrected chi connectivity index (χ2v) is 6.48. The van der Waals surface area contributed by atoms with Crippen LogP contribution >= 0.6 is 11.8 Å². The van der Waals surface area contributed by atoms with E-state index < -0.39 is 0 Å². The van der Waals surface area contributed by atoms with Crippen molar-refractivity contribution in [3.05, 3.63) is 0 Å². The van der Waals surface area contributed by atoms with Gasteiger partial charge >= 0.3 is 0 Å². The van der Waals surface area contributed by atoms with Gasteiger partial charge in [-0.3, -0.25) is 9.59 Å². The summed E-state index contributed by atoms with van der Waals surface area (Å²) in [5.74, 6) is 3.52. The highest BCUT2D eigenvalue weighted by Gasteiger charge is 2.43. The minimum absolute atomic E-state index is 0.0205. The van der Waals surface area contributed by atoms with Crippen molar-refractivity contribution in [2.24, 2.45) is 11.8 Å². The van der Waals surface area contributed by atoms with Crippen LogP contribution in [0.3, 0.4) is 0 Å². The van der Waals surface area contributed by atoms with Crippen LogP contribution in [0.15, 0.2) is 0 Å². The molecular weight excluding hydrogens is 236 g/mol. The molecule has 0 aromatic heterocycles. The molecule has 94 valence electrons. The van der Waals surface area contributed by atoms with Gasteiger partial charge in [-0.1, -0.05) is 0 Å². The van der Waals surface area contributed by atoms with Crippen molar-refractivity contribution in [1.29, 1.82) is 0 Å². The molecule has 2 heterocycles. The van der Waals surface area contributed by atoms with E-state index in [-0.39, 0.29) is 24.4 Å². The van der Waals surface area contributed by atoms with Gasteiger partial charge in [0.25, 0.3) is 0 Å². The van der Waals surface area contributed by atoms with Gasteiger partial charge in [0.05, 0.1) is 6.54 Å². The van der Waals surface area contributed by atoms with E-state index in [4.69, 9.17) is 0 Å². The second kappa shape index (κ2) is 4.52. The first kappa shape index (κ1) is 11.4. The van der Waals surface area contributed by atoms with Gasteiger partial charge in [-0.25, -0.2) is 0 Å². The number of hydrogen-bond acceptors (Lipinski definition) is 3. The largest absolute Gasteiger partial charge is 0.342 e. The fourth-order valence-electron chi connectivity index (χ4n) is 2.67. The van der Waals surface area contributed by atoms with Gasteiger partial charge in [0.1, 0.15) is 6.04 Å². The molecule has 5 heteroatoms. The van der Waals surface area contributed by atoms with E-state index in [0.29, 0.717) is 11.8 Å². The molecule has 0 aromatic rings. The zero-order chi connectivity index (χ0) is 11.8. The van der Waals surface area contributed by atoms with Crippen LogP contribution in [-0.2, 0) is 9.59 Å². The molecule has 17 heavy (non-hydrogen) atoms. The summed E-state index contributed by atoms with van der Waals surface area (Å²) in [6.45, 7) is 1.05. The van der Waals surface area contributed by atoms with Gasteiger partial charge in [0.15, 0.2) is 0 Å². The zero-order valence-electron chi connectivity index (χ0n) is 9.85. The summed E-state index contributed by atoms with van der Waals surface area (Å²) >= 11 is 1.95. The van der Waals surface area contributed by atoms with Crippen LogP contribution in [0, 0.1) is 11.8 Å². The van der Waals surface area contributed by atoms with Crippen molar-refractivity contribution in [2.45, 2.75) is 25.3 Å². The Hall–Kier alpha value is -0.710. The highest BCUT2D eigenvalue weighted by molar-refractivity contribution is 7.99. The molecule has 2 unspecified atom stereocenters. The number of nitrogens with zero attached hydrogens (tertiary/aromatic N) is 1. The molecule has 1 aliphatic carbocycles. The topological polar surface area (TPSA) is 49.4 Å². The van der Waals surface area contributed by atoms with Crippen molar-refractivity contribution in [3.63, 3.8) is 0 Å². The molecule has 1 saturated carbocycles. The molecule has 3 rings (SSSR count). The van der Waals surface area contributed by atoms with Gasteiger partial charge < -0.3 is 10.2 Å². The van der Waals surface area contributed by atoms with E-state index in [2.05, 4.69) is 5.32 Å². The molecule has 0 spiro atoms. The average molecular weight is 254 g/mol. The normalized spacial score (nSPS) is 34.0. The summed E-state index contributed by atoms with van der Waals surface area (Å²) in [4.78, 5) is 25.7. The first-order valence-electron chi connectivity index (χ1n) is 6.40. The molecule has 0 radical (unpaired) electrons. The standard InChI is InChI=1S/C12H18N2O2S/c15-10-6-14(5-8-3-4-17-7-8)12(16)11(13-10)9-1-2-9/h8-9,11H,1-7H2,(H,13,15). The first-order chi connectivity index (χ1) is 8.24. The third kappa shape index (κ3) is 2.44. The van der Waals surface area contributed by atoms with E-state index in [1.54, 1.807) is 4.90 Å². The molecule has 2 atom stereocenters. The highest BCUT2D eigenvalue weighted by Crippen LogP contribution is 2.34. The molecular formula is C12H18N2O2S. The minimum Gasteiger partial charge on any atom is -0.342 e. The van der Waals surface area contributed by atoms with Crippen LogP contribution in [0.4, 0.5) is 0 Å². The van der Waals surface area contributed by atoms with Crippen molar-refractivity contribution < 1.29 is 9.59 Å². The summed E-state index contributed by atoms with van der Waals surface area (Å²) in [6.07, 6.45) is 3.36. The fraction of sp³-hybridized carbons (Fsp3) is 0.833. The SMILES string of the molecule is O=C1CN(CC2CCSC2)C(=O)C(C2CC2)N1. The third-order valence-electron chi connectivity index (χ3n) is 3.82. The number of thioether (sulfide) groups is 1. The summed E-state index contributed by atoms with van der Waals surface area (Å²) in [5, 5.41) is 2.85. The Bertz CT molecular complexity index is 337. The van der Waals surface area contributed by atoms with E-state index in [1.807, 2.05) is 11.8 Å². The van der Waals surface area contributed by atoms with E-state index in [0.717, 1.165) is 25.1 Å². The molecule has 2 saturated heterocycles. The molecule has 0 aromatic carbocycles. The van der Waals surface area contributed by atoms with Crippen LogP contribution in [0.25, 0.3) is 0 Å². The van der Waals surface area contributed by atoms with Crippen molar-refractivity contribution in [3.8, 4) is 0 Å². The molecule has 3 aliphatic rings.